The van der Waals surface area contributed by atoms with Gasteiger partial charge in [-0.25, -0.2) is 0 Å². The molecule has 4 fully saturated rings. The molecule has 1 N–H and O–H groups in total. The lowest BCUT2D eigenvalue weighted by Gasteiger charge is -2.59. The molecule has 0 spiro atoms. The van der Waals surface area contributed by atoms with Crippen LogP contribution >= 0.6 is 11.3 Å². The Hall–Kier alpha value is -1.76. The van der Waals surface area contributed by atoms with Crippen LogP contribution in [0.3, 0.4) is 0 Å². The van der Waals surface area contributed by atoms with Gasteiger partial charge in [0.2, 0.25) is 16.9 Å². The van der Waals surface area contributed by atoms with Gasteiger partial charge in [-0.2, -0.15) is 0 Å². The summed E-state index contributed by atoms with van der Waals surface area (Å²) in [6, 6.07) is 0. The molecule has 0 bridgehead atoms. The van der Waals surface area contributed by atoms with Crippen molar-refractivity contribution >= 4 is 28.3 Å². The lowest BCUT2D eigenvalue weighted by atomic mass is 9.48. The van der Waals surface area contributed by atoms with E-state index in [9.17, 15) is 9.59 Å². The molecule has 6 rings (SSSR count). The highest BCUT2D eigenvalue weighted by Gasteiger charge is 2.60. The van der Waals surface area contributed by atoms with Gasteiger partial charge >= 0.3 is 0 Å². The summed E-state index contributed by atoms with van der Waals surface area (Å²) < 4.78 is 0. The van der Waals surface area contributed by atoms with Crippen LogP contribution in [-0.4, -0.2) is 34.0 Å². The zero-order chi connectivity index (χ0) is 23.1. The Morgan fingerprint density at radius 1 is 1.12 bits per heavy atom. The van der Waals surface area contributed by atoms with Crippen LogP contribution in [0.25, 0.3) is 0 Å². The fraction of sp³-hybridized carbons (Fsp3) is 0.769. The maximum Gasteiger partial charge on any atom is 0.239 e. The molecule has 1 saturated heterocycles. The van der Waals surface area contributed by atoms with Gasteiger partial charge in [-0.05, 0) is 81.5 Å². The maximum absolute atomic E-state index is 13.4. The summed E-state index contributed by atoms with van der Waals surface area (Å²) in [5, 5.41) is 12.9. The molecule has 1 aromatic heterocycles. The monoisotopic (exact) mass is 468 g/mol. The number of allylic oxidation sites excluding steroid dienone is 2. The predicted molar refractivity (Wildman–Crippen MR) is 128 cm³/mol. The number of hydrogen-bond donors (Lipinski definition) is 1. The average molecular weight is 469 g/mol. The summed E-state index contributed by atoms with van der Waals surface area (Å²) in [6.45, 7) is 7.09. The molecule has 0 aromatic carbocycles. The molecule has 1 aromatic rings. The number of fused-ring (bicyclic) bond motifs is 5. The minimum atomic E-state index is -0.666. The van der Waals surface area contributed by atoms with E-state index >= 15 is 0 Å². The van der Waals surface area contributed by atoms with E-state index in [1.165, 1.54) is 54.7 Å². The van der Waals surface area contributed by atoms with Gasteiger partial charge in [0.05, 0.1) is 0 Å². The topological polar surface area (TPSA) is 75.2 Å². The highest BCUT2D eigenvalue weighted by molar-refractivity contribution is 7.15. The first-order valence-corrected chi connectivity index (χ1v) is 13.6. The molecule has 3 saturated carbocycles. The molecule has 6 nitrogen and oxygen atoms in total. The quantitative estimate of drug-likeness (QED) is 0.607. The van der Waals surface area contributed by atoms with E-state index in [0.717, 1.165) is 30.2 Å². The average Bonchev–Trinajstić information content (AvgIpc) is 3.38. The third-order valence-corrected chi connectivity index (χ3v) is 11.0. The lowest BCUT2D eigenvalue weighted by Crippen LogP contribution is -2.57. The second-order valence-corrected chi connectivity index (χ2v) is 13.1. The summed E-state index contributed by atoms with van der Waals surface area (Å²) in [7, 11) is 1.89. The Morgan fingerprint density at radius 2 is 1.91 bits per heavy atom. The van der Waals surface area contributed by atoms with Crippen LogP contribution in [-0.2, 0) is 9.59 Å². The number of aromatic nitrogens is 2. The second-order valence-electron chi connectivity index (χ2n) is 12.1. The third-order valence-electron chi connectivity index (χ3n) is 10.0. The van der Waals surface area contributed by atoms with Gasteiger partial charge in [-0.3, -0.25) is 14.9 Å². The van der Waals surface area contributed by atoms with Crippen LogP contribution in [0.5, 0.6) is 0 Å². The Labute approximate surface area is 200 Å². The highest BCUT2D eigenvalue weighted by Crippen LogP contribution is 2.66. The van der Waals surface area contributed by atoms with E-state index in [0.29, 0.717) is 34.7 Å². The van der Waals surface area contributed by atoms with Gasteiger partial charge in [0, 0.05) is 24.1 Å². The minimum absolute atomic E-state index is 0.0776. The van der Waals surface area contributed by atoms with Crippen molar-refractivity contribution in [2.75, 3.05) is 12.4 Å². The number of carbonyl (C=O) groups is 2. The molecule has 5 aliphatic rings. The summed E-state index contributed by atoms with van der Waals surface area (Å²) in [5.74, 6) is 1.55. The highest BCUT2D eigenvalue weighted by atomic mass is 32.1. The van der Waals surface area contributed by atoms with Crippen molar-refractivity contribution in [3.05, 3.63) is 16.3 Å². The Balaban J connectivity index is 1.29. The van der Waals surface area contributed by atoms with E-state index in [2.05, 4.69) is 36.3 Å². The fourth-order valence-electron chi connectivity index (χ4n) is 8.42. The lowest BCUT2D eigenvalue weighted by molar-refractivity contribution is -0.147. The second kappa shape index (κ2) is 7.37. The minimum Gasteiger partial charge on any atom is -0.318 e. The molecular formula is C26H36N4O2S. The smallest absolute Gasteiger partial charge is 0.239 e. The molecule has 178 valence electrons. The Kier molecular flexibility index (Phi) is 4.86. The third kappa shape index (κ3) is 3.24. The molecule has 0 radical (unpaired) electrons. The first-order valence-electron chi connectivity index (χ1n) is 12.8. The summed E-state index contributed by atoms with van der Waals surface area (Å²) in [5.41, 5.74) is 2.91. The van der Waals surface area contributed by atoms with Crippen LogP contribution in [0.15, 0.2) is 11.3 Å². The van der Waals surface area contributed by atoms with E-state index in [-0.39, 0.29) is 17.2 Å². The van der Waals surface area contributed by atoms with Crippen molar-refractivity contribution in [2.24, 2.45) is 34.5 Å². The van der Waals surface area contributed by atoms with Gasteiger partial charge in [-0.15, -0.1) is 10.2 Å². The van der Waals surface area contributed by atoms with Crippen molar-refractivity contribution in [2.45, 2.75) is 84.5 Å². The molecular weight excluding hydrogens is 432 g/mol. The van der Waals surface area contributed by atoms with Gasteiger partial charge < -0.3 is 4.90 Å². The molecule has 1 unspecified atom stereocenters. The van der Waals surface area contributed by atoms with E-state index < -0.39 is 5.92 Å². The molecule has 7 heteroatoms. The predicted octanol–water partition coefficient (Wildman–Crippen LogP) is 5.35. The number of nitrogens with zero attached hydrogens (tertiary/aromatic N) is 3. The summed E-state index contributed by atoms with van der Waals surface area (Å²) in [4.78, 5) is 28.6. The molecule has 33 heavy (non-hydrogen) atoms. The zero-order valence-corrected chi connectivity index (χ0v) is 21.1. The number of piperidine rings is 1. The summed E-state index contributed by atoms with van der Waals surface area (Å²) >= 11 is 1.46. The van der Waals surface area contributed by atoms with Gasteiger partial charge in [0.25, 0.3) is 0 Å². The van der Waals surface area contributed by atoms with Crippen molar-refractivity contribution in [1.29, 1.82) is 0 Å². The number of carbonyl (C=O) groups excluding carboxylic acids is 2. The van der Waals surface area contributed by atoms with Gasteiger partial charge in [0.1, 0.15) is 10.9 Å². The fourth-order valence-corrected chi connectivity index (χ4v) is 9.34. The standard InChI is InChI=1S/C26H36N4O2S/c1-14-12-16-18-6-5-10-25(18,2)11-9-19(16)26(3)13-17(23(32)30(4)20(14)26)21(31)27-24-29-28-22(33-24)15-7-8-15/h15-19H,5-13H2,1-4H3,(H,27,29,31)/t16-,17?,18-,19+,25-,26+/m0/s1. The van der Waals surface area contributed by atoms with E-state index in [1.54, 1.807) is 0 Å². The first-order chi connectivity index (χ1) is 15.7. The normalized spacial score (nSPS) is 40.4. The van der Waals surface area contributed by atoms with E-state index in [4.69, 9.17) is 0 Å². The van der Waals surface area contributed by atoms with Crippen molar-refractivity contribution in [1.82, 2.24) is 15.1 Å². The molecule has 2 amide bonds. The van der Waals surface area contributed by atoms with E-state index in [1.807, 2.05) is 11.9 Å². The number of nitrogens with one attached hydrogen (secondary N) is 1. The number of rotatable bonds is 3. The van der Waals surface area contributed by atoms with Crippen LogP contribution in [0.4, 0.5) is 5.13 Å². The van der Waals surface area contributed by atoms with Crippen LogP contribution in [0.2, 0.25) is 0 Å². The Bertz CT molecular complexity index is 1040. The number of hydrogen-bond acceptors (Lipinski definition) is 5. The summed E-state index contributed by atoms with van der Waals surface area (Å²) in [6.07, 6.45) is 10.6. The van der Waals surface area contributed by atoms with Crippen molar-refractivity contribution in [3.8, 4) is 0 Å². The van der Waals surface area contributed by atoms with Gasteiger partial charge in [-0.1, -0.05) is 37.2 Å². The largest absolute Gasteiger partial charge is 0.318 e. The maximum atomic E-state index is 13.4. The number of amides is 2. The molecule has 6 atom stereocenters. The van der Waals surface area contributed by atoms with Crippen LogP contribution in [0, 0.1) is 34.5 Å². The van der Waals surface area contributed by atoms with Crippen LogP contribution < -0.4 is 5.32 Å². The van der Waals surface area contributed by atoms with Crippen molar-refractivity contribution < 1.29 is 9.59 Å². The molecule has 2 heterocycles. The number of anilines is 1. The van der Waals surface area contributed by atoms with Crippen LogP contribution in [0.1, 0.15) is 89.5 Å². The zero-order valence-electron chi connectivity index (χ0n) is 20.3. The molecule has 4 aliphatic carbocycles. The Morgan fingerprint density at radius 3 is 2.67 bits per heavy atom. The number of likely N-dealkylation sites (tertiary alicyclic amines) is 1. The van der Waals surface area contributed by atoms with Gasteiger partial charge in [0.15, 0.2) is 0 Å². The first kappa shape index (κ1) is 21.8. The SMILES string of the molecule is CC1=C2N(C)C(=O)C(C(=O)Nc3nnc(C4CC4)s3)C[C@]2(C)[C@@H]2CC[C@]3(C)CCC[C@H]3[C@@H]2C1. The molecule has 1 aliphatic heterocycles. The van der Waals surface area contributed by atoms with Crippen molar-refractivity contribution in [3.63, 3.8) is 0 Å².